The van der Waals surface area contributed by atoms with Gasteiger partial charge in [0.05, 0.1) is 19.1 Å². The van der Waals surface area contributed by atoms with Crippen LogP contribution in [0.5, 0.6) is 5.75 Å². The van der Waals surface area contributed by atoms with E-state index in [4.69, 9.17) is 16.3 Å². The van der Waals surface area contributed by atoms with Gasteiger partial charge in [-0.15, -0.1) is 0 Å². The average molecular weight is 397 g/mol. The van der Waals surface area contributed by atoms with E-state index in [0.717, 1.165) is 16.1 Å². The zero-order chi connectivity index (χ0) is 19.3. The van der Waals surface area contributed by atoms with E-state index in [2.05, 4.69) is 5.32 Å². The lowest BCUT2D eigenvalue weighted by Gasteiger charge is -2.28. The van der Waals surface area contributed by atoms with Crippen molar-refractivity contribution >= 4 is 33.2 Å². The predicted molar refractivity (Wildman–Crippen MR) is 103 cm³/mol. The molecule has 0 spiro atoms. The summed E-state index contributed by atoms with van der Waals surface area (Å²) in [5, 5.41) is 3.27. The average Bonchev–Trinajstić information content (AvgIpc) is 2.59. The molecule has 8 heteroatoms. The number of methoxy groups -OCH3 is 1. The highest BCUT2D eigenvalue weighted by atomic mass is 35.5. The Balaban J connectivity index is 2.22. The minimum atomic E-state index is -3.69. The molecule has 26 heavy (non-hydrogen) atoms. The maximum atomic E-state index is 12.6. The third kappa shape index (κ3) is 4.89. The number of ether oxygens (including phenoxy) is 1. The van der Waals surface area contributed by atoms with E-state index in [0.29, 0.717) is 16.5 Å². The van der Waals surface area contributed by atoms with E-state index in [9.17, 15) is 13.2 Å². The molecule has 2 aromatic rings. The largest absolute Gasteiger partial charge is 0.497 e. The van der Waals surface area contributed by atoms with Gasteiger partial charge in [0.15, 0.2) is 0 Å². The van der Waals surface area contributed by atoms with Crippen molar-refractivity contribution < 1.29 is 17.9 Å². The molecule has 0 unspecified atom stereocenters. The lowest BCUT2D eigenvalue weighted by atomic mass is 10.2. The third-order valence-corrected chi connectivity index (χ3v) is 5.42. The van der Waals surface area contributed by atoms with Crippen molar-refractivity contribution in [3.63, 3.8) is 0 Å². The van der Waals surface area contributed by atoms with Gasteiger partial charge in [-0.1, -0.05) is 35.9 Å². The molecule has 0 aliphatic carbocycles. The van der Waals surface area contributed by atoms with Gasteiger partial charge in [0, 0.05) is 17.6 Å². The second kappa shape index (κ2) is 8.42. The molecule has 6 nitrogen and oxygen atoms in total. The van der Waals surface area contributed by atoms with Gasteiger partial charge < -0.3 is 10.1 Å². The Morgan fingerprint density at radius 1 is 1.23 bits per heavy atom. The Hall–Kier alpha value is -2.25. The van der Waals surface area contributed by atoms with Crippen molar-refractivity contribution in [3.05, 3.63) is 59.1 Å². The standard InChI is InChI=1S/C18H21ClN2O4S/c1-13(18(22)20-12-14-7-4-5-10-17(14)19)21(26(3,23)24)15-8-6-9-16(11-15)25-2/h4-11,13H,12H2,1-3H3,(H,20,22)/t13-/m1/s1. The smallest absolute Gasteiger partial charge is 0.243 e. The molecule has 1 amide bonds. The van der Waals surface area contributed by atoms with Gasteiger partial charge in [-0.25, -0.2) is 8.42 Å². The van der Waals surface area contributed by atoms with Crippen LogP contribution in [0.1, 0.15) is 12.5 Å². The first-order valence-corrected chi connectivity index (χ1v) is 10.1. The first kappa shape index (κ1) is 20.1. The molecule has 0 radical (unpaired) electrons. The highest BCUT2D eigenvalue weighted by Crippen LogP contribution is 2.25. The number of carbonyl (C=O) groups excluding carboxylic acids is 1. The molecule has 2 rings (SSSR count). The lowest BCUT2D eigenvalue weighted by molar-refractivity contribution is -0.122. The van der Waals surface area contributed by atoms with E-state index in [1.54, 1.807) is 42.5 Å². The minimum Gasteiger partial charge on any atom is -0.497 e. The topological polar surface area (TPSA) is 75.7 Å². The molecule has 0 aliphatic rings. The van der Waals surface area contributed by atoms with E-state index >= 15 is 0 Å². The second-order valence-corrected chi connectivity index (χ2v) is 8.01. The second-order valence-electron chi connectivity index (χ2n) is 5.75. The lowest BCUT2D eigenvalue weighted by Crippen LogP contribution is -2.47. The number of halogens is 1. The van der Waals surface area contributed by atoms with Gasteiger partial charge in [-0.05, 0) is 30.7 Å². The quantitative estimate of drug-likeness (QED) is 0.780. The number of anilines is 1. The summed E-state index contributed by atoms with van der Waals surface area (Å²) in [7, 11) is -2.20. The molecule has 0 aromatic heterocycles. The van der Waals surface area contributed by atoms with Gasteiger partial charge in [0.25, 0.3) is 0 Å². The van der Waals surface area contributed by atoms with Gasteiger partial charge in [0.1, 0.15) is 11.8 Å². The van der Waals surface area contributed by atoms with Crippen LogP contribution in [0.4, 0.5) is 5.69 Å². The summed E-state index contributed by atoms with van der Waals surface area (Å²) in [5.74, 6) is 0.0676. The molecule has 0 saturated carbocycles. The number of hydrogen-bond donors (Lipinski definition) is 1. The van der Waals surface area contributed by atoms with Crippen molar-refractivity contribution in [2.45, 2.75) is 19.5 Å². The number of amides is 1. The van der Waals surface area contributed by atoms with Crippen LogP contribution < -0.4 is 14.4 Å². The summed E-state index contributed by atoms with van der Waals surface area (Å²) in [6.45, 7) is 1.74. The maximum Gasteiger partial charge on any atom is 0.243 e. The van der Waals surface area contributed by atoms with Crippen LogP contribution in [-0.4, -0.2) is 33.7 Å². The van der Waals surface area contributed by atoms with Crippen LogP contribution in [0.25, 0.3) is 0 Å². The molecule has 0 aliphatic heterocycles. The van der Waals surface area contributed by atoms with Crippen molar-refractivity contribution in [2.24, 2.45) is 0 Å². The van der Waals surface area contributed by atoms with Gasteiger partial charge in [-0.3, -0.25) is 9.10 Å². The zero-order valence-corrected chi connectivity index (χ0v) is 16.3. The van der Waals surface area contributed by atoms with Crippen molar-refractivity contribution in [1.29, 1.82) is 0 Å². The molecule has 0 bridgehead atoms. The Kier molecular flexibility index (Phi) is 6.50. The number of carbonyl (C=O) groups is 1. The molecule has 140 valence electrons. The number of benzene rings is 2. The van der Waals surface area contributed by atoms with Crippen LogP contribution in [0.2, 0.25) is 5.02 Å². The van der Waals surface area contributed by atoms with Gasteiger partial charge in [0.2, 0.25) is 15.9 Å². The van der Waals surface area contributed by atoms with E-state index in [-0.39, 0.29) is 6.54 Å². The highest BCUT2D eigenvalue weighted by Gasteiger charge is 2.29. The van der Waals surface area contributed by atoms with Crippen LogP contribution in [-0.2, 0) is 21.4 Å². The molecule has 0 saturated heterocycles. The molecule has 0 heterocycles. The Morgan fingerprint density at radius 2 is 1.92 bits per heavy atom. The van der Waals surface area contributed by atoms with Crippen molar-refractivity contribution in [1.82, 2.24) is 5.32 Å². The van der Waals surface area contributed by atoms with Gasteiger partial charge >= 0.3 is 0 Å². The normalized spacial score (nSPS) is 12.3. The number of nitrogens with zero attached hydrogens (tertiary/aromatic N) is 1. The molecule has 2 aromatic carbocycles. The monoisotopic (exact) mass is 396 g/mol. The van der Waals surface area contributed by atoms with Crippen LogP contribution in [0.3, 0.4) is 0 Å². The van der Waals surface area contributed by atoms with Crippen molar-refractivity contribution in [2.75, 3.05) is 17.7 Å². The summed E-state index contributed by atoms with van der Waals surface area (Å²) in [6, 6.07) is 12.7. The van der Waals surface area contributed by atoms with Gasteiger partial charge in [-0.2, -0.15) is 0 Å². The van der Waals surface area contributed by atoms with Crippen molar-refractivity contribution in [3.8, 4) is 5.75 Å². The summed E-state index contributed by atoms with van der Waals surface area (Å²) in [6.07, 6.45) is 1.06. The molecule has 1 N–H and O–H groups in total. The molecule has 1 atom stereocenters. The summed E-state index contributed by atoms with van der Waals surface area (Å²) >= 11 is 6.08. The fourth-order valence-electron chi connectivity index (χ4n) is 2.53. The zero-order valence-electron chi connectivity index (χ0n) is 14.8. The Bertz CT molecular complexity index is 886. The van der Waals surface area contributed by atoms with Crippen LogP contribution >= 0.6 is 11.6 Å². The fraction of sp³-hybridized carbons (Fsp3) is 0.278. The van der Waals surface area contributed by atoms with E-state index < -0.39 is 22.0 Å². The van der Waals surface area contributed by atoms with Crippen LogP contribution in [0, 0.1) is 0 Å². The number of hydrogen-bond acceptors (Lipinski definition) is 4. The summed E-state index contributed by atoms with van der Waals surface area (Å²) in [5.41, 5.74) is 1.11. The maximum absolute atomic E-state index is 12.6. The number of rotatable bonds is 7. The van der Waals surface area contributed by atoms with E-state index in [1.807, 2.05) is 6.07 Å². The summed E-state index contributed by atoms with van der Waals surface area (Å²) < 4.78 is 30.8. The number of nitrogens with one attached hydrogen (secondary N) is 1. The SMILES string of the molecule is COc1cccc(N([C@H](C)C(=O)NCc2ccccc2Cl)S(C)(=O)=O)c1. The highest BCUT2D eigenvalue weighted by molar-refractivity contribution is 7.92. The third-order valence-electron chi connectivity index (χ3n) is 3.81. The molecule has 0 fully saturated rings. The first-order valence-electron chi connectivity index (χ1n) is 7.88. The molecular formula is C18H21ClN2O4S. The first-order chi connectivity index (χ1) is 12.2. The Labute approximate surface area is 158 Å². The molecular weight excluding hydrogens is 376 g/mol. The predicted octanol–water partition coefficient (Wildman–Crippen LogP) is 2.82. The summed E-state index contributed by atoms with van der Waals surface area (Å²) in [4.78, 5) is 12.6. The number of sulfonamides is 1. The fourth-order valence-corrected chi connectivity index (χ4v) is 3.90. The van der Waals surface area contributed by atoms with E-state index in [1.165, 1.54) is 14.0 Å². The minimum absolute atomic E-state index is 0.207. The Morgan fingerprint density at radius 3 is 2.54 bits per heavy atom. The van der Waals surface area contributed by atoms with Crippen LogP contribution in [0.15, 0.2) is 48.5 Å².